The van der Waals surface area contributed by atoms with E-state index in [0.717, 1.165) is 16.6 Å². The Morgan fingerprint density at radius 2 is 1.51 bits per heavy atom. The second-order valence-electron chi connectivity index (χ2n) is 8.07. The summed E-state index contributed by atoms with van der Waals surface area (Å²) >= 11 is 0. The smallest absolute Gasteiger partial charge is 0.305 e. The number of hydrogen-bond acceptors (Lipinski definition) is 2. The maximum Gasteiger partial charge on any atom is 0.679 e. The number of rotatable bonds is 6. The SMILES string of the molecule is CCCN=C(c1ccc(C(F)(F)F)cc1)c1c(C#Cc2ccccc2)nc(-c2ccccc2)n1B(F)F. The number of halogens is 5. The van der Waals surface area contributed by atoms with Crippen molar-refractivity contribution in [2.24, 2.45) is 4.99 Å². The largest absolute Gasteiger partial charge is 0.679 e. The van der Waals surface area contributed by atoms with Gasteiger partial charge in [-0.2, -0.15) is 13.2 Å². The summed E-state index contributed by atoms with van der Waals surface area (Å²) in [5.41, 5.74) is 0.612. The van der Waals surface area contributed by atoms with Crippen LogP contribution in [-0.2, 0) is 6.18 Å². The van der Waals surface area contributed by atoms with E-state index in [0.29, 0.717) is 17.5 Å². The molecule has 0 spiro atoms. The van der Waals surface area contributed by atoms with Crippen molar-refractivity contribution in [1.82, 2.24) is 9.46 Å². The average molecular weight is 505 g/mol. The average Bonchev–Trinajstić information content (AvgIpc) is 3.28. The van der Waals surface area contributed by atoms with E-state index in [1.54, 1.807) is 54.6 Å². The fourth-order valence-corrected chi connectivity index (χ4v) is 3.72. The maximum atomic E-state index is 14.6. The van der Waals surface area contributed by atoms with Crippen LogP contribution in [0.5, 0.6) is 0 Å². The first kappa shape index (κ1) is 25.9. The molecule has 0 bridgehead atoms. The molecule has 0 saturated carbocycles. The topological polar surface area (TPSA) is 30.2 Å². The van der Waals surface area contributed by atoms with Crippen LogP contribution in [0.25, 0.3) is 11.4 Å². The highest BCUT2D eigenvalue weighted by Gasteiger charge is 2.33. The van der Waals surface area contributed by atoms with Gasteiger partial charge in [-0.1, -0.05) is 73.5 Å². The van der Waals surface area contributed by atoms with Crippen LogP contribution in [0.15, 0.2) is 89.9 Å². The summed E-state index contributed by atoms with van der Waals surface area (Å²) in [6.45, 7) is 2.14. The molecule has 4 aromatic rings. The van der Waals surface area contributed by atoms with Crippen LogP contribution in [-0.4, -0.2) is 29.1 Å². The number of hydrogen-bond donors (Lipinski definition) is 0. The van der Waals surface area contributed by atoms with Crippen LogP contribution in [0.3, 0.4) is 0 Å². The van der Waals surface area contributed by atoms with Crippen LogP contribution in [0, 0.1) is 11.8 Å². The lowest BCUT2D eigenvalue weighted by Crippen LogP contribution is -2.22. The number of nitrogens with zero attached hydrogens (tertiary/aromatic N) is 3. The van der Waals surface area contributed by atoms with Gasteiger partial charge in [-0.05, 0) is 36.6 Å². The molecule has 0 fully saturated rings. The van der Waals surface area contributed by atoms with Crippen LogP contribution in [0.4, 0.5) is 21.8 Å². The number of alkyl halides is 3. The van der Waals surface area contributed by atoms with Gasteiger partial charge in [0.2, 0.25) is 0 Å². The van der Waals surface area contributed by atoms with Crippen LogP contribution in [0.1, 0.15) is 41.4 Å². The normalized spacial score (nSPS) is 11.7. The Labute approximate surface area is 211 Å². The summed E-state index contributed by atoms with van der Waals surface area (Å²) in [5.74, 6) is 5.84. The van der Waals surface area contributed by atoms with Gasteiger partial charge in [0.25, 0.3) is 0 Å². The summed E-state index contributed by atoms with van der Waals surface area (Å²) < 4.78 is 69.5. The van der Waals surface area contributed by atoms with E-state index in [9.17, 15) is 21.8 Å². The van der Waals surface area contributed by atoms with Gasteiger partial charge in [-0.3, -0.25) is 13.6 Å². The predicted molar refractivity (Wildman–Crippen MR) is 136 cm³/mol. The molecule has 0 atom stereocenters. The number of aromatic nitrogens is 2. The highest BCUT2D eigenvalue weighted by Crippen LogP contribution is 2.31. The second-order valence-corrected chi connectivity index (χ2v) is 8.07. The molecule has 186 valence electrons. The summed E-state index contributed by atoms with van der Waals surface area (Å²) in [5, 5.41) is 0. The van der Waals surface area contributed by atoms with Crippen molar-refractivity contribution in [2.75, 3.05) is 6.54 Å². The van der Waals surface area contributed by atoms with E-state index in [-0.39, 0.29) is 35.0 Å². The fraction of sp³-hybridized carbons (Fsp3) is 0.143. The predicted octanol–water partition coefficient (Wildman–Crippen LogP) is 6.99. The minimum atomic E-state index is -4.53. The Morgan fingerprint density at radius 1 is 0.892 bits per heavy atom. The van der Waals surface area contributed by atoms with Gasteiger partial charge in [0.1, 0.15) is 11.5 Å². The van der Waals surface area contributed by atoms with Gasteiger partial charge in [-0.15, -0.1) is 0 Å². The molecule has 0 aliphatic heterocycles. The zero-order valence-electron chi connectivity index (χ0n) is 19.8. The zero-order valence-corrected chi connectivity index (χ0v) is 19.8. The zero-order chi connectivity index (χ0) is 26.4. The molecule has 1 aromatic heterocycles. The van der Waals surface area contributed by atoms with Gasteiger partial charge in [0.05, 0.1) is 17.0 Å². The van der Waals surface area contributed by atoms with Crippen molar-refractivity contribution < 1.29 is 21.8 Å². The summed E-state index contributed by atoms with van der Waals surface area (Å²) in [4.78, 5) is 8.99. The fourth-order valence-electron chi connectivity index (χ4n) is 3.72. The molecule has 0 saturated heterocycles. The highest BCUT2D eigenvalue weighted by atomic mass is 19.4. The molecule has 0 aliphatic carbocycles. The summed E-state index contributed by atoms with van der Waals surface area (Å²) in [6, 6.07) is 21.7. The van der Waals surface area contributed by atoms with Crippen molar-refractivity contribution >= 4 is 13.1 Å². The lowest BCUT2D eigenvalue weighted by atomic mass is 10.0. The number of aliphatic imine (C=N–C) groups is 1. The van der Waals surface area contributed by atoms with Crippen LogP contribution in [0.2, 0.25) is 0 Å². The molecule has 0 aliphatic rings. The third-order valence-corrected chi connectivity index (χ3v) is 5.44. The molecule has 9 heteroatoms. The third-order valence-electron chi connectivity index (χ3n) is 5.44. The van der Waals surface area contributed by atoms with Crippen LogP contribution >= 0.6 is 0 Å². The first-order valence-electron chi connectivity index (χ1n) is 11.5. The molecular formula is C28H21BF5N3. The van der Waals surface area contributed by atoms with Gasteiger partial charge < -0.3 is 4.48 Å². The molecule has 3 nitrogen and oxygen atoms in total. The molecular weight excluding hydrogens is 484 g/mol. The van der Waals surface area contributed by atoms with Crippen molar-refractivity contribution in [3.8, 4) is 23.2 Å². The van der Waals surface area contributed by atoms with Crippen molar-refractivity contribution in [3.05, 3.63) is 113 Å². The molecule has 0 unspecified atom stereocenters. The number of imidazole rings is 1. The quantitative estimate of drug-likeness (QED) is 0.120. The van der Waals surface area contributed by atoms with E-state index in [1.807, 2.05) is 13.0 Å². The molecule has 1 heterocycles. The molecule has 3 aromatic carbocycles. The monoisotopic (exact) mass is 505 g/mol. The van der Waals surface area contributed by atoms with E-state index >= 15 is 0 Å². The molecule has 4 rings (SSSR count). The standard InChI is InChI=1S/C28H21BF5N3/c1-2-19-35-25(21-14-16-23(17-15-21)28(30,31)32)26-24(18-13-20-9-5-3-6-10-20)36-27(37(26)29(33)34)22-11-7-4-8-12-22/h3-12,14-17H,2,19H2,1H3. The Kier molecular flexibility index (Phi) is 7.87. The Balaban J connectivity index is 1.98. The van der Waals surface area contributed by atoms with Crippen LogP contribution < -0.4 is 0 Å². The van der Waals surface area contributed by atoms with Gasteiger partial charge in [0.15, 0.2) is 0 Å². The molecule has 0 radical (unpaired) electrons. The first-order valence-corrected chi connectivity index (χ1v) is 11.5. The number of benzene rings is 3. The first-order chi connectivity index (χ1) is 17.8. The minimum absolute atomic E-state index is 0.0147. The van der Waals surface area contributed by atoms with E-state index < -0.39 is 19.1 Å². The van der Waals surface area contributed by atoms with Crippen molar-refractivity contribution in [2.45, 2.75) is 19.5 Å². The maximum absolute atomic E-state index is 14.6. The molecule has 37 heavy (non-hydrogen) atoms. The second kappa shape index (κ2) is 11.3. The summed E-state index contributed by atoms with van der Waals surface area (Å²) in [7, 11) is -3.01. The van der Waals surface area contributed by atoms with Gasteiger partial charge in [0, 0.05) is 23.2 Å². The Hall–Kier alpha value is -4.19. The van der Waals surface area contributed by atoms with Gasteiger partial charge >= 0.3 is 13.6 Å². The Morgan fingerprint density at radius 3 is 2.08 bits per heavy atom. The molecule has 0 N–H and O–H groups in total. The summed E-state index contributed by atoms with van der Waals surface area (Å²) in [6.07, 6.45) is -3.93. The third kappa shape index (κ3) is 5.97. The van der Waals surface area contributed by atoms with E-state index in [4.69, 9.17) is 0 Å². The lowest BCUT2D eigenvalue weighted by Gasteiger charge is -2.13. The van der Waals surface area contributed by atoms with E-state index in [1.165, 1.54) is 12.1 Å². The lowest BCUT2D eigenvalue weighted by molar-refractivity contribution is -0.137. The minimum Gasteiger partial charge on any atom is -0.305 e. The van der Waals surface area contributed by atoms with Crippen molar-refractivity contribution in [3.63, 3.8) is 0 Å². The Bertz CT molecular complexity index is 1430. The van der Waals surface area contributed by atoms with E-state index in [2.05, 4.69) is 21.8 Å². The molecule has 0 amide bonds. The van der Waals surface area contributed by atoms with Crippen molar-refractivity contribution in [1.29, 1.82) is 0 Å². The highest BCUT2D eigenvalue weighted by molar-refractivity contribution is 6.43. The van der Waals surface area contributed by atoms with Gasteiger partial charge in [-0.25, -0.2) is 4.98 Å².